The molecule has 72 valence electrons. The molecule has 1 rings (SSSR count). The highest BCUT2D eigenvalue weighted by Gasteiger charge is 2.08. The molecular formula is C7H14N6. The van der Waals surface area contributed by atoms with E-state index in [-0.39, 0.29) is 12.4 Å². The number of nitrogen functional groups attached to an aromatic ring is 1. The van der Waals surface area contributed by atoms with Crippen LogP contribution in [0.5, 0.6) is 0 Å². The van der Waals surface area contributed by atoms with E-state index in [0.717, 1.165) is 0 Å². The van der Waals surface area contributed by atoms with Crippen LogP contribution in [0.15, 0.2) is 0 Å². The first-order valence-electron chi connectivity index (χ1n) is 4.04. The highest BCUT2D eigenvalue weighted by Crippen LogP contribution is 2.07. The number of hydrogen-bond acceptors (Lipinski definition) is 5. The molecule has 1 heterocycles. The van der Waals surface area contributed by atoms with Gasteiger partial charge in [-0.3, -0.25) is 5.10 Å². The Labute approximate surface area is 77.0 Å². The third-order valence-corrected chi connectivity index (χ3v) is 1.18. The summed E-state index contributed by atoms with van der Waals surface area (Å²) in [5, 5.41) is 14.4. The van der Waals surface area contributed by atoms with Crippen molar-refractivity contribution in [1.82, 2.24) is 15.2 Å². The molecule has 0 spiro atoms. The van der Waals surface area contributed by atoms with Crippen LogP contribution in [-0.4, -0.2) is 15.2 Å². The number of aromatic amines is 1. The largest absolute Gasteiger partial charge is 0.367 e. The van der Waals surface area contributed by atoms with E-state index in [1.54, 1.807) is 0 Å². The summed E-state index contributed by atoms with van der Waals surface area (Å²) in [6, 6.07) is 1.50. The third kappa shape index (κ3) is 3.53. The summed E-state index contributed by atoms with van der Waals surface area (Å²) >= 11 is 0. The van der Waals surface area contributed by atoms with E-state index in [2.05, 4.69) is 15.2 Å². The minimum absolute atomic E-state index is 0.147. The van der Waals surface area contributed by atoms with Crippen LogP contribution in [0.3, 0.4) is 0 Å². The number of nitrogens with one attached hydrogen (secondary N) is 1. The van der Waals surface area contributed by atoms with Gasteiger partial charge >= 0.3 is 0 Å². The summed E-state index contributed by atoms with van der Waals surface area (Å²) in [4.78, 5) is 3.76. The number of H-pyrrole nitrogens is 1. The Bertz CT molecular complexity index is 273. The molecule has 0 aromatic carbocycles. The van der Waals surface area contributed by atoms with Crippen molar-refractivity contribution in [2.45, 2.75) is 26.3 Å². The molecule has 0 fully saturated rings. The van der Waals surface area contributed by atoms with E-state index in [9.17, 15) is 0 Å². The average Bonchev–Trinajstić information content (AvgIpc) is 2.56. The predicted octanol–water partition coefficient (Wildman–Crippen LogP) is 0.327. The third-order valence-electron chi connectivity index (χ3n) is 1.18. The minimum Gasteiger partial charge on any atom is -0.367 e. The van der Waals surface area contributed by atoms with Crippen molar-refractivity contribution in [2.24, 2.45) is 5.73 Å². The van der Waals surface area contributed by atoms with Crippen molar-refractivity contribution in [3.63, 3.8) is 0 Å². The molecule has 5 N–H and O–H groups in total. The maximum Gasteiger partial charge on any atom is 0.239 e. The van der Waals surface area contributed by atoms with Gasteiger partial charge in [0, 0.05) is 0 Å². The Morgan fingerprint density at radius 2 is 2.23 bits per heavy atom. The van der Waals surface area contributed by atoms with E-state index >= 15 is 0 Å². The van der Waals surface area contributed by atoms with Crippen LogP contribution < -0.4 is 11.5 Å². The van der Waals surface area contributed by atoms with Gasteiger partial charge in [-0.05, 0) is 0 Å². The van der Waals surface area contributed by atoms with Gasteiger partial charge in [-0.15, -0.1) is 5.10 Å². The summed E-state index contributed by atoms with van der Waals surface area (Å²) in [6.07, 6.45) is 0.203. The quantitative estimate of drug-likeness (QED) is 0.609. The van der Waals surface area contributed by atoms with Crippen LogP contribution in [0.2, 0.25) is 0 Å². The van der Waals surface area contributed by atoms with Crippen LogP contribution in [0.25, 0.3) is 0 Å². The number of nitriles is 1. The summed E-state index contributed by atoms with van der Waals surface area (Å²) in [6.45, 7) is 4.00. The fraction of sp³-hybridized carbons (Fsp3) is 0.571. The number of nitrogens with two attached hydrogens (primary N) is 2. The van der Waals surface area contributed by atoms with Crippen molar-refractivity contribution >= 4 is 5.95 Å². The van der Waals surface area contributed by atoms with Gasteiger partial charge in [0.2, 0.25) is 5.95 Å². The van der Waals surface area contributed by atoms with Crippen molar-refractivity contribution in [2.75, 3.05) is 5.73 Å². The van der Waals surface area contributed by atoms with E-state index in [1.165, 1.54) is 0 Å². The lowest BCUT2D eigenvalue weighted by molar-refractivity contribution is 0.692. The SMILES string of the molecule is CC.N#CCC(N)c1nc(N)n[nH]1. The summed E-state index contributed by atoms with van der Waals surface area (Å²) in [7, 11) is 0. The maximum atomic E-state index is 8.28. The van der Waals surface area contributed by atoms with Crippen LogP contribution in [0.1, 0.15) is 32.1 Å². The normalized spacial score (nSPS) is 10.9. The lowest BCUT2D eigenvalue weighted by atomic mass is 10.2. The van der Waals surface area contributed by atoms with Crippen LogP contribution >= 0.6 is 0 Å². The number of nitrogens with zero attached hydrogens (tertiary/aromatic N) is 3. The lowest BCUT2D eigenvalue weighted by Crippen LogP contribution is -2.11. The van der Waals surface area contributed by atoms with Crippen molar-refractivity contribution < 1.29 is 0 Å². The molecule has 0 aliphatic carbocycles. The first-order chi connectivity index (χ1) is 6.24. The Morgan fingerprint density at radius 1 is 1.62 bits per heavy atom. The molecule has 1 unspecified atom stereocenters. The fourth-order valence-electron chi connectivity index (χ4n) is 0.649. The first-order valence-corrected chi connectivity index (χ1v) is 4.04. The Balaban J connectivity index is 0.000000671. The topological polar surface area (TPSA) is 117 Å². The number of anilines is 1. The Morgan fingerprint density at radius 3 is 2.62 bits per heavy atom. The molecule has 1 aromatic rings. The minimum atomic E-state index is -0.426. The van der Waals surface area contributed by atoms with Crippen molar-refractivity contribution in [3.8, 4) is 6.07 Å². The van der Waals surface area contributed by atoms with Crippen molar-refractivity contribution in [3.05, 3.63) is 5.82 Å². The van der Waals surface area contributed by atoms with E-state index in [1.807, 2.05) is 19.9 Å². The van der Waals surface area contributed by atoms with Gasteiger partial charge in [-0.1, -0.05) is 13.8 Å². The number of rotatable bonds is 2. The molecule has 0 saturated carbocycles. The molecule has 0 bridgehead atoms. The first kappa shape index (κ1) is 11.4. The molecule has 0 radical (unpaired) electrons. The summed E-state index contributed by atoms with van der Waals surface area (Å²) in [5.41, 5.74) is 10.7. The van der Waals surface area contributed by atoms with Crippen LogP contribution in [0.4, 0.5) is 5.95 Å². The lowest BCUT2D eigenvalue weighted by Gasteiger charge is -1.99. The zero-order valence-corrected chi connectivity index (χ0v) is 7.78. The predicted molar refractivity (Wildman–Crippen MR) is 49.3 cm³/mol. The van der Waals surface area contributed by atoms with Gasteiger partial charge in [-0.2, -0.15) is 10.2 Å². The van der Waals surface area contributed by atoms with Gasteiger partial charge in [0.25, 0.3) is 0 Å². The van der Waals surface area contributed by atoms with Gasteiger partial charge in [0.15, 0.2) is 0 Å². The smallest absolute Gasteiger partial charge is 0.239 e. The molecule has 0 amide bonds. The standard InChI is InChI=1S/C5H8N6.C2H6/c6-2-1-3(7)4-9-5(8)11-10-4;1-2/h3H,1,7H2,(H3,8,9,10,11);1-2H3. The number of hydrogen-bond donors (Lipinski definition) is 3. The fourth-order valence-corrected chi connectivity index (χ4v) is 0.649. The molecule has 0 aliphatic heterocycles. The molecule has 1 aromatic heterocycles. The molecule has 1 atom stereocenters. The molecule has 13 heavy (non-hydrogen) atoms. The van der Waals surface area contributed by atoms with Gasteiger partial charge in [0.1, 0.15) is 5.82 Å². The monoisotopic (exact) mass is 182 g/mol. The van der Waals surface area contributed by atoms with Crippen molar-refractivity contribution in [1.29, 1.82) is 5.26 Å². The molecule has 6 nitrogen and oxygen atoms in total. The molecule has 0 saturated heterocycles. The molecule has 0 aliphatic rings. The molecule has 6 heteroatoms. The van der Waals surface area contributed by atoms with Gasteiger partial charge in [-0.25, -0.2) is 0 Å². The highest BCUT2D eigenvalue weighted by atomic mass is 15.3. The summed E-state index contributed by atoms with van der Waals surface area (Å²) in [5.74, 6) is 0.595. The summed E-state index contributed by atoms with van der Waals surface area (Å²) < 4.78 is 0. The average molecular weight is 182 g/mol. The second-order valence-corrected chi connectivity index (χ2v) is 2.05. The van der Waals surface area contributed by atoms with Crippen LogP contribution in [-0.2, 0) is 0 Å². The zero-order valence-electron chi connectivity index (χ0n) is 7.78. The van der Waals surface area contributed by atoms with Gasteiger partial charge < -0.3 is 11.5 Å². The zero-order chi connectivity index (χ0) is 10.3. The van der Waals surface area contributed by atoms with E-state index in [0.29, 0.717) is 5.82 Å². The molecular weight excluding hydrogens is 168 g/mol. The second kappa shape index (κ2) is 5.97. The Kier molecular flexibility index (Phi) is 5.23. The van der Waals surface area contributed by atoms with Gasteiger partial charge in [0.05, 0.1) is 18.5 Å². The van der Waals surface area contributed by atoms with Crippen LogP contribution in [0, 0.1) is 11.3 Å². The Hall–Kier alpha value is -1.61. The maximum absolute atomic E-state index is 8.28. The van der Waals surface area contributed by atoms with E-state index in [4.69, 9.17) is 16.7 Å². The van der Waals surface area contributed by atoms with E-state index < -0.39 is 6.04 Å². The number of aromatic nitrogens is 3. The highest BCUT2D eigenvalue weighted by molar-refractivity contribution is 5.14. The second-order valence-electron chi connectivity index (χ2n) is 2.05.